The first-order valence-corrected chi connectivity index (χ1v) is 11.1. The van der Waals surface area contributed by atoms with Crippen LogP contribution in [0.25, 0.3) is 0 Å². The highest BCUT2D eigenvalue weighted by Crippen LogP contribution is 2.38. The highest BCUT2D eigenvalue weighted by atomic mass is 16.5. The number of nitrogens with zero attached hydrogens (tertiary/aromatic N) is 2. The number of aromatic carboxylic acids is 1. The Morgan fingerprint density at radius 2 is 1.79 bits per heavy atom. The molecular formula is C23H32N2O4. The van der Waals surface area contributed by atoms with Gasteiger partial charge >= 0.3 is 5.97 Å². The maximum Gasteiger partial charge on any atom is 0.335 e. The number of carboxylic acids is 1. The number of likely N-dealkylation sites (tertiary alicyclic amines) is 1. The molecule has 1 N–H and O–H groups in total. The van der Waals surface area contributed by atoms with Crippen LogP contribution in [0.1, 0.15) is 66.8 Å². The van der Waals surface area contributed by atoms with E-state index in [2.05, 4.69) is 9.80 Å². The molecule has 2 aliphatic heterocycles. The Morgan fingerprint density at radius 3 is 2.52 bits per heavy atom. The number of hydrogen-bond donors (Lipinski definition) is 1. The lowest BCUT2D eigenvalue weighted by Crippen LogP contribution is -2.63. The molecule has 3 aliphatic rings. The van der Waals surface area contributed by atoms with Crippen LogP contribution in [0.2, 0.25) is 0 Å². The smallest absolute Gasteiger partial charge is 0.335 e. The van der Waals surface area contributed by atoms with E-state index in [1.807, 2.05) is 12.1 Å². The van der Waals surface area contributed by atoms with Crippen molar-refractivity contribution in [1.29, 1.82) is 0 Å². The van der Waals surface area contributed by atoms with Crippen molar-refractivity contribution in [3.8, 4) is 0 Å². The molecule has 29 heavy (non-hydrogen) atoms. The van der Waals surface area contributed by atoms with E-state index in [1.165, 1.54) is 6.42 Å². The van der Waals surface area contributed by atoms with Gasteiger partial charge in [-0.25, -0.2) is 4.79 Å². The van der Waals surface area contributed by atoms with Crippen LogP contribution in [-0.4, -0.2) is 71.7 Å². The number of carboxylic acid groups (broad SMARTS) is 1. The molecule has 0 radical (unpaired) electrons. The molecule has 6 heteroatoms. The molecule has 1 saturated carbocycles. The molecule has 158 valence electrons. The second kappa shape index (κ2) is 8.84. The van der Waals surface area contributed by atoms with Gasteiger partial charge in [-0.3, -0.25) is 9.69 Å². The lowest BCUT2D eigenvalue weighted by Gasteiger charge is -2.49. The first kappa shape index (κ1) is 20.4. The van der Waals surface area contributed by atoms with Gasteiger partial charge in [-0.1, -0.05) is 31.4 Å². The highest BCUT2D eigenvalue weighted by molar-refractivity contribution is 5.88. The maximum absolute atomic E-state index is 13.9. The minimum atomic E-state index is -0.899. The van der Waals surface area contributed by atoms with Crippen molar-refractivity contribution in [2.45, 2.75) is 56.4 Å². The van der Waals surface area contributed by atoms with Crippen molar-refractivity contribution < 1.29 is 19.4 Å². The van der Waals surface area contributed by atoms with E-state index in [0.29, 0.717) is 25.3 Å². The van der Waals surface area contributed by atoms with Crippen LogP contribution in [0.3, 0.4) is 0 Å². The first-order chi connectivity index (χ1) is 14.1. The van der Waals surface area contributed by atoms with Crippen molar-refractivity contribution in [1.82, 2.24) is 9.80 Å². The Bertz CT molecular complexity index is 738. The van der Waals surface area contributed by atoms with Crippen LogP contribution in [0.15, 0.2) is 24.3 Å². The van der Waals surface area contributed by atoms with E-state index in [1.54, 1.807) is 12.1 Å². The number of morpholine rings is 1. The quantitative estimate of drug-likeness (QED) is 0.841. The summed E-state index contributed by atoms with van der Waals surface area (Å²) in [6.45, 7) is 4.58. The zero-order valence-electron chi connectivity index (χ0n) is 17.1. The monoisotopic (exact) mass is 400 g/mol. The van der Waals surface area contributed by atoms with Crippen LogP contribution >= 0.6 is 0 Å². The summed E-state index contributed by atoms with van der Waals surface area (Å²) in [6.07, 6.45) is 7.29. The molecule has 2 heterocycles. The summed E-state index contributed by atoms with van der Waals surface area (Å²) in [5, 5.41) is 9.32. The van der Waals surface area contributed by atoms with E-state index in [4.69, 9.17) is 4.74 Å². The first-order valence-electron chi connectivity index (χ1n) is 11.1. The van der Waals surface area contributed by atoms with Gasteiger partial charge in [-0.2, -0.15) is 0 Å². The molecule has 0 unspecified atom stereocenters. The summed E-state index contributed by atoms with van der Waals surface area (Å²) in [4.78, 5) is 29.7. The number of carbonyl (C=O) groups is 2. The number of piperidine rings is 1. The molecule has 6 nitrogen and oxygen atoms in total. The van der Waals surface area contributed by atoms with E-state index in [0.717, 1.165) is 63.7 Å². The van der Waals surface area contributed by atoms with Gasteiger partial charge in [0, 0.05) is 32.1 Å². The van der Waals surface area contributed by atoms with E-state index in [9.17, 15) is 14.7 Å². The van der Waals surface area contributed by atoms with Crippen LogP contribution in [0.5, 0.6) is 0 Å². The Morgan fingerprint density at radius 1 is 1.03 bits per heavy atom. The standard InChI is InChI=1S/C23H32N2O4/c26-21(27)19-7-4-6-18(16-19)20-8-5-11-24(17-20)22(28)23(9-2-1-3-10-23)25-12-14-29-15-13-25/h4,6-7,16,20H,1-3,5,8-15,17H2,(H,26,27)/t20-/m1/s1. The summed E-state index contributed by atoms with van der Waals surface area (Å²) >= 11 is 0. The van der Waals surface area contributed by atoms with Gasteiger partial charge in [0.25, 0.3) is 0 Å². The third-order valence-electron chi connectivity index (χ3n) is 7.01. The summed E-state index contributed by atoms with van der Waals surface area (Å²) in [5.74, 6) is -0.403. The van der Waals surface area contributed by atoms with Gasteiger partial charge in [0.05, 0.1) is 18.8 Å². The predicted molar refractivity (Wildman–Crippen MR) is 110 cm³/mol. The molecule has 0 spiro atoms. The van der Waals surface area contributed by atoms with Crippen LogP contribution in [0.4, 0.5) is 0 Å². The molecule has 1 aromatic rings. The Labute approximate surface area is 172 Å². The van der Waals surface area contributed by atoms with Crippen LogP contribution in [-0.2, 0) is 9.53 Å². The van der Waals surface area contributed by atoms with Crippen molar-refractivity contribution >= 4 is 11.9 Å². The zero-order chi connectivity index (χ0) is 20.3. The van der Waals surface area contributed by atoms with E-state index >= 15 is 0 Å². The molecular weight excluding hydrogens is 368 g/mol. The van der Waals surface area contributed by atoms with Gasteiger partial charge in [-0.15, -0.1) is 0 Å². The Kier molecular flexibility index (Phi) is 6.20. The van der Waals surface area contributed by atoms with Crippen molar-refractivity contribution in [3.05, 3.63) is 35.4 Å². The number of amides is 1. The van der Waals surface area contributed by atoms with Gasteiger partial charge in [0.2, 0.25) is 5.91 Å². The predicted octanol–water partition coefficient (Wildman–Crippen LogP) is 3.13. The molecule has 0 aromatic heterocycles. The molecule has 2 saturated heterocycles. The maximum atomic E-state index is 13.9. The fraction of sp³-hybridized carbons (Fsp3) is 0.652. The van der Waals surface area contributed by atoms with Gasteiger partial charge < -0.3 is 14.7 Å². The van der Waals surface area contributed by atoms with E-state index < -0.39 is 5.97 Å². The molecule has 1 atom stereocenters. The van der Waals surface area contributed by atoms with Crippen molar-refractivity contribution in [2.24, 2.45) is 0 Å². The lowest BCUT2D eigenvalue weighted by molar-refractivity contribution is -0.152. The molecule has 0 bridgehead atoms. The molecule has 3 fully saturated rings. The largest absolute Gasteiger partial charge is 0.478 e. The van der Waals surface area contributed by atoms with Gasteiger partial charge in [-0.05, 0) is 43.4 Å². The number of hydrogen-bond acceptors (Lipinski definition) is 4. The van der Waals surface area contributed by atoms with Crippen molar-refractivity contribution in [2.75, 3.05) is 39.4 Å². The number of carbonyl (C=O) groups excluding carboxylic acids is 1. The second-order valence-corrected chi connectivity index (χ2v) is 8.71. The minimum absolute atomic E-state index is 0.206. The van der Waals surface area contributed by atoms with Crippen molar-refractivity contribution in [3.63, 3.8) is 0 Å². The Balaban J connectivity index is 1.53. The third kappa shape index (κ3) is 4.19. The molecule has 1 amide bonds. The lowest BCUT2D eigenvalue weighted by atomic mass is 9.78. The topological polar surface area (TPSA) is 70.1 Å². The second-order valence-electron chi connectivity index (χ2n) is 8.71. The normalized spacial score (nSPS) is 25.5. The number of ether oxygens (including phenoxy) is 1. The fourth-order valence-electron chi connectivity index (χ4n) is 5.45. The number of rotatable bonds is 4. The van der Waals surface area contributed by atoms with Gasteiger partial charge in [0.15, 0.2) is 0 Å². The SMILES string of the molecule is O=C(O)c1cccc([C@@H]2CCCN(C(=O)C3(N4CCOCC4)CCCCC3)C2)c1. The average molecular weight is 401 g/mol. The van der Waals surface area contributed by atoms with Crippen LogP contribution < -0.4 is 0 Å². The van der Waals surface area contributed by atoms with E-state index in [-0.39, 0.29) is 17.4 Å². The molecule has 1 aromatic carbocycles. The summed E-state index contributed by atoms with van der Waals surface area (Å²) in [6, 6.07) is 7.23. The molecule has 1 aliphatic carbocycles. The number of benzene rings is 1. The highest BCUT2D eigenvalue weighted by Gasteiger charge is 2.47. The third-order valence-corrected chi connectivity index (χ3v) is 7.01. The summed E-state index contributed by atoms with van der Waals surface area (Å²) in [5.41, 5.74) is 0.988. The average Bonchev–Trinajstić information content (AvgIpc) is 2.80. The minimum Gasteiger partial charge on any atom is -0.478 e. The zero-order valence-corrected chi connectivity index (χ0v) is 17.1. The van der Waals surface area contributed by atoms with Crippen LogP contribution in [0, 0.1) is 0 Å². The van der Waals surface area contributed by atoms with Gasteiger partial charge in [0.1, 0.15) is 5.54 Å². The molecule has 4 rings (SSSR count). The Hall–Kier alpha value is -1.92. The fourth-order valence-corrected chi connectivity index (χ4v) is 5.45. The summed E-state index contributed by atoms with van der Waals surface area (Å²) in [7, 11) is 0. The summed E-state index contributed by atoms with van der Waals surface area (Å²) < 4.78 is 5.55.